The van der Waals surface area contributed by atoms with E-state index in [1.807, 2.05) is 45.0 Å². The van der Waals surface area contributed by atoms with Crippen LogP contribution in [0.25, 0.3) is 0 Å². The molecule has 1 amide bonds. The quantitative estimate of drug-likeness (QED) is 0.393. The number of ether oxygens (including phenoxy) is 1. The molecule has 1 atom stereocenters. The van der Waals surface area contributed by atoms with Crippen LogP contribution >= 0.6 is 0 Å². The molecule has 3 aromatic rings. The average molecular weight is 514 g/mol. The molecule has 2 aromatic heterocycles. The Hall–Kier alpha value is -2.91. The fourth-order valence-electron chi connectivity index (χ4n) is 4.40. The molecular formula is C27H35N3O5S. The zero-order valence-electron chi connectivity index (χ0n) is 21.2. The summed E-state index contributed by atoms with van der Waals surface area (Å²) in [5.74, 6) is 0.492. The molecule has 1 aromatic carbocycles. The van der Waals surface area contributed by atoms with Gasteiger partial charge in [0.05, 0.1) is 49.6 Å². The van der Waals surface area contributed by atoms with Crippen molar-refractivity contribution in [3.8, 4) is 0 Å². The van der Waals surface area contributed by atoms with Crippen molar-refractivity contribution in [1.82, 2.24) is 14.5 Å². The zero-order chi connectivity index (χ0) is 25.8. The van der Waals surface area contributed by atoms with Crippen LogP contribution in [0.5, 0.6) is 0 Å². The lowest BCUT2D eigenvalue weighted by molar-refractivity contribution is -0.134. The third-order valence-electron chi connectivity index (χ3n) is 6.10. The van der Waals surface area contributed by atoms with Gasteiger partial charge in [0.25, 0.3) is 0 Å². The van der Waals surface area contributed by atoms with Gasteiger partial charge in [-0.2, -0.15) is 0 Å². The third-order valence-corrected chi connectivity index (χ3v) is 7.70. The second kappa shape index (κ2) is 11.0. The Labute approximate surface area is 213 Å². The van der Waals surface area contributed by atoms with Crippen LogP contribution in [-0.4, -0.2) is 41.5 Å². The molecule has 0 bridgehead atoms. The SMILES string of the molecule is CC(C)(C)CC(=O)N(Cc1ccco1)Cc1cnc(S(=O)(=O)Cc2ccccc2)n1C[C@@H]1CCCO1. The largest absolute Gasteiger partial charge is 0.467 e. The third kappa shape index (κ3) is 6.85. The van der Waals surface area contributed by atoms with Gasteiger partial charge < -0.3 is 18.6 Å². The Morgan fingerprint density at radius 3 is 2.56 bits per heavy atom. The minimum absolute atomic E-state index is 0.0121. The standard InChI is InChI=1S/C27H35N3O5S/c1-27(2,3)15-25(31)29(18-23-11-7-13-34-23)17-22-16-28-26(30(22)19-24-12-8-14-35-24)36(32,33)20-21-9-5-4-6-10-21/h4-7,9-11,13,16,24H,8,12,14-15,17-20H2,1-3H3/t24-/m0/s1. The van der Waals surface area contributed by atoms with Crippen LogP contribution < -0.4 is 0 Å². The number of aromatic nitrogens is 2. The van der Waals surface area contributed by atoms with Crippen molar-refractivity contribution in [3.05, 3.63) is 71.9 Å². The molecule has 0 N–H and O–H groups in total. The van der Waals surface area contributed by atoms with E-state index in [0.29, 0.717) is 43.1 Å². The first-order chi connectivity index (χ1) is 17.1. The van der Waals surface area contributed by atoms with Crippen molar-refractivity contribution in [2.24, 2.45) is 5.41 Å². The van der Waals surface area contributed by atoms with Crippen LogP contribution in [0.1, 0.15) is 57.1 Å². The van der Waals surface area contributed by atoms with Crippen molar-refractivity contribution < 1.29 is 22.4 Å². The molecule has 1 saturated heterocycles. The first-order valence-corrected chi connectivity index (χ1v) is 14.0. The van der Waals surface area contributed by atoms with Crippen molar-refractivity contribution in [1.29, 1.82) is 0 Å². The van der Waals surface area contributed by atoms with E-state index in [9.17, 15) is 13.2 Å². The Bertz CT molecular complexity index is 1240. The number of nitrogens with zero attached hydrogens (tertiary/aromatic N) is 3. The lowest BCUT2D eigenvalue weighted by atomic mass is 9.91. The summed E-state index contributed by atoms with van der Waals surface area (Å²) >= 11 is 0. The lowest BCUT2D eigenvalue weighted by Gasteiger charge is -2.27. The van der Waals surface area contributed by atoms with E-state index in [4.69, 9.17) is 9.15 Å². The number of amides is 1. The van der Waals surface area contributed by atoms with E-state index < -0.39 is 9.84 Å². The van der Waals surface area contributed by atoms with Gasteiger partial charge in [0, 0.05) is 13.0 Å². The second-order valence-corrected chi connectivity index (χ2v) is 12.5. The Morgan fingerprint density at radius 2 is 1.92 bits per heavy atom. The molecular weight excluding hydrogens is 478 g/mol. The molecule has 0 unspecified atom stereocenters. The van der Waals surface area contributed by atoms with Crippen molar-refractivity contribution in [2.75, 3.05) is 6.61 Å². The molecule has 0 aliphatic carbocycles. The van der Waals surface area contributed by atoms with Crippen LogP contribution in [-0.2, 0) is 44.8 Å². The van der Waals surface area contributed by atoms with Gasteiger partial charge in [-0.1, -0.05) is 51.1 Å². The Kier molecular flexibility index (Phi) is 8.00. The molecule has 36 heavy (non-hydrogen) atoms. The number of rotatable bonds is 10. The maximum Gasteiger partial charge on any atom is 0.228 e. The number of sulfone groups is 1. The molecule has 0 saturated carbocycles. The number of hydrogen-bond donors (Lipinski definition) is 0. The minimum Gasteiger partial charge on any atom is -0.467 e. The fraction of sp³-hybridized carbons (Fsp3) is 0.481. The topological polar surface area (TPSA) is 94.6 Å². The lowest BCUT2D eigenvalue weighted by Crippen LogP contribution is -2.34. The molecule has 9 heteroatoms. The monoisotopic (exact) mass is 513 g/mol. The van der Waals surface area contributed by atoms with Gasteiger partial charge in [-0.15, -0.1) is 0 Å². The Balaban J connectivity index is 1.66. The van der Waals surface area contributed by atoms with E-state index in [-0.39, 0.29) is 34.9 Å². The molecule has 3 heterocycles. The van der Waals surface area contributed by atoms with Crippen molar-refractivity contribution >= 4 is 15.7 Å². The smallest absolute Gasteiger partial charge is 0.228 e. The summed E-state index contributed by atoms with van der Waals surface area (Å²) < 4.78 is 40.0. The van der Waals surface area contributed by atoms with Gasteiger partial charge in [0.1, 0.15) is 5.76 Å². The van der Waals surface area contributed by atoms with Gasteiger partial charge in [-0.05, 0) is 36.0 Å². The van der Waals surface area contributed by atoms with Gasteiger partial charge in [0.2, 0.25) is 20.9 Å². The molecule has 0 radical (unpaired) electrons. The van der Waals surface area contributed by atoms with Crippen LogP contribution in [0.4, 0.5) is 0 Å². The molecule has 1 aliphatic heterocycles. The molecule has 194 valence electrons. The number of imidazole rings is 1. The van der Waals surface area contributed by atoms with Crippen LogP contribution in [0.2, 0.25) is 0 Å². The normalized spacial score (nSPS) is 16.4. The summed E-state index contributed by atoms with van der Waals surface area (Å²) in [5, 5.41) is 0.0121. The summed E-state index contributed by atoms with van der Waals surface area (Å²) in [4.78, 5) is 19.4. The van der Waals surface area contributed by atoms with Gasteiger partial charge in [0.15, 0.2) is 0 Å². The Morgan fingerprint density at radius 1 is 1.14 bits per heavy atom. The van der Waals surface area contributed by atoms with E-state index in [1.165, 1.54) is 0 Å². The van der Waals surface area contributed by atoms with Crippen molar-refractivity contribution in [2.45, 2.75) is 76.7 Å². The summed E-state index contributed by atoms with van der Waals surface area (Å²) in [6.07, 6.45) is 5.22. The maximum absolute atomic E-state index is 13.5. The average Bonchev–Trinajstić information content (AvgIpc) is 3.56. The zero-order valence-corrected chi connectivity index (χ0v) is 22.0. The van der Waals surface area contributed by atoms with Crippen LogP contribution in [0.15, 0.2) is 64.5 Å². The number of hydrogen-bond acceptors (Lipinski definition) is 6. The van der Waals surface area contributed by atoms with E-state index in [2.05, 4.69) is 4.98 Å². The number of carbonyl (C=O) groups excluding carboxylic acids is 1. The summed E-state index contributed by atoms with van der Waals surface area (Å²) in [6, 6.07) is 12.7. The van der Waals surface area contributed by atoms with Gasteiger partial charge in [-0.25, -0.2) is 13.4 Å². The van der Waals surface area contributed by atoms with Gasteiger partial charge >= 0.3 is 0 Å². The minimum atomic E-state index is -3.73. The number of carbonyl (C=O) groups is 1. The molecule has 1 fully saturated rings. The van der Waals surface area contributed by atoms with E-state index in [0.717, 1.165) is 12.8 Å². The highest BCUT2D eigenvalue weighted by Gasteiger charge is 2.29. The highest BCUT2D eigenvalue weighted by atomic mass is 32.2. The van der Waals surface area contributed by atoms with Gasteiger partial charge in [-0.3, -0.25) is 4.79 Å². The molecule has 0 spiro atoms. The highest BCUT2D eigenvalue weighted by Crippen LogP contribution is 2.25. The predicted molar refractivity (Wildman–Crippen MR) is 136 cm³/mol. The van der Waals surface area contributed by atoms with E-state index in [1.54, 1.807) is 40.1 Å². The number of furan rings is 1. The van der Waals surface area contributed by atoms with E-state index >= 15 is 0 Å². The predicted octanol–water partition coefficient (Wildman–Crippen LogP) is 4.59. The number of benzene rings is 1. The maximum atomic E-state index is 13.5. The van der Waals surface area contributed by atoms with Crippen LogP contribution in [0.3, 0.4) is 0 Å². The fourth-order valence-corrected chi connectivity index (χ4v) is 5.90. The van der Waals surface area contributed by atoms with Crippen molar-refractivity contribution in [3.63, 3.8) is 0 Å². The summed E-state index contributed by atoms with van der Waals surface area (Å²) in [5.41, 5.74) is 1.16. The molecule has 1 aliphatic rings. The summed E-state index contributed by atoms with van der Waals surface area (Å²) in [7, 11) is -3.73. The first-order valence-electron chi connectivity index (χ1n) is 12.3. The molecule has 8 nitrogen and oxygen atoms in total. The van der Waals surface area contributed by atoms with Crippen LogP contribution in [0, 0.1) is 5.41 Å². The second-order valence-electron chi connectivity index (χ2n) is 10.6. The first kappa shape index (κ1) is 26.2. The molecule has 4 rings (SSSR count). The highest BCUT2D eigenvalue weighted by molar-refractivity contribution is 7.90. The summed E-state index contributed by atoms with van der Waals surface area (Å²) in [6.45, 7) is 7.61.